The molecule has 1 spiro atoms. The molecule has 242 valence electrons. The molecule has 3 amide bonds. The zero-order chi connectivity index (χ0) is 32.6. The molecule has 3 heterocycles. The van der Waals surface area contributed by atoms with Crippen LogP contribution in [0, 0.1) is 17.3 Å². The fourth-order valence-electron chi connectivity index (χ4n) is 8.23. The van der Waals surface area contributed by atoms with Crippen molar-refractivity contribution in [1.82, 2.24) is 14.7 Å². The number of aliphatic hydroxyl groups is 1. The van der Waals surface area contributed by atoms with E-state index in [9.17, 15) is 14.7 Å². The third-order valence-corrected chi connectivity index (χ3v) is 10.2. The molecule has 7 atom stereocenters. The van der Waals surface area contributed by atoms with Crippen molar-refractivity contribution in [2.75, 3.05) is 26.2 Å². The largest absolute Gasteiger partial charge is 0.394 e. The smallest absolute Gasteiger partial charge is 0.249 e. The molecule has 3 unspecified atom stereocenters. The second kappa shape index (κ2) is 13.1. The van der Waals surface area contributed by atoms with Gasteiger partial charge in [-0.05, 0) is 44.1 Å². The van der Waals surface area contributed by atoms with Crippen molar-refractivity contribution < 1.29 is 24.2 Å². The summed E-state index contributed by atoms with van der Waals surface area (Å²) in [6, 6.07) is 7.45. The van der Waals surface area contributed by atoms with Crippen LogP contribution in [0.1, 0.15) is 72.4 Å². The maximum Gasteiger partial charge on any atom is 0.249 e. The molecule has 1 aromatic rings. The van der Waals surface area contributed by atoms with Crippen LogP contribution in [-0.4, -0.2) is 91.9 Å². The molecular weight excluding hydrogens is 622 g/mol. The van der Waals surface area contributed by atoms with Crippen LogP contribution < -0.4 is 0 Å². The Morgan fingerprint density at radius 2 is 1.77 bits per heavy atom. The molecule has 0 aliphatic carbocycles. The number of hydrogen-bond acceptors (Lipinski definition) is 5. The zero-order valence-electron chi connectivity index (χ0n) is 27.2. The molecule has 44 heavy (non-hydrogen) atoms. The number of fused-ring (bicyclic) bond motifs is 1. The van der Waals surface area contributed by atoms with E-state index in [0.29, 0.717) is 31.5 Å². The number of carbonyl (C=O) groups is 3. The normalized spacial score (nSPS) is 28.5. The Bertz CT molecular complexity index is 1250. The molecule has 3 aliphatic heterocycles. The lowest BCUT2D eigenvalue weighted by atomic mass is 9.70. The van der Waals surface area contributed by atoms with Gasteiger partial charge in [0.2, 0.25) is 17.7 Å². The van der Waals surface area contributed by atoms with E-state index in [1.54, 1.807) is 22.0 Å². The highest BCUT2D eigenvalue weighted by Crippen LogP contribution is 2.61. The first kappa shape index (κ1) is 34.4. The lowest BCUT2D eigenvalue weighted by Crippen LogP contribution is -2.61. The predicted molar refractivity (Wildman–Crippen MR) is 176 cm³/mol. The number of aliphatic hydroxyl groups excluding tert-OH is 1. The molecule has 1 N–H and O–H groups in total. The van der Waals surface area contributed by atoms with Crippen LogP contribution in [0.25, 0.3) is 0 Å². The molecule has 8 nitrogen and oxygen atoms in total. The van der Waals surface area contributed by atoms with Gasteiger partial charge in [-0.25, -0.2) is 0 Å². The van der Waals surface area contributed by atoms with Gasteiger partial charge < -0.3 is 24.5 Å². The minimum atomic E-state index is -1.24. The Kier molecular flexibility index (Phi) is 10.2. The monoisotopic (exact) mass is 671 g/mol. The van der Waals surface area contributed by atoms with Crippen molar-refractivity contribution in [3.05, 3.63) is 61.2 Å². The minimum Gasteiger partial charge on any atom is -0.394 e. The van der Waals surface area contributed by atoms with Gasteiger partial charge in [-0.3, -0.25) is 14.4 Å². The SMILES string of the molecule is C=CCN(CCC)C(=O)[C@H]1[C@H]2C(=O)N([C@H](CO)c3ccccc3)C(C(=O)N(CC=C)C(C)(C)CC(C)(C)C)C23CC(Br)[C@@H]1O3. The highest BCUT2D eigenvalue weighted by atomic mass is 79.9. The summed E-state index contributed by atoms with van der Waals surface area (Å²) >= 11 is 3.79. The highest BCUT2D eigenvalue weighted by Gasteiger charge is 2.77. The van der Waals surface area contributed by atoms with Crippen LogP contribution in [0.4, 0.5) is 0 Å². The van der Waals surface area contributed by atoms with Crippen molar-refractivity contribution in [2.24, 2.45) is 17.3 Å². The molecule has 1 aromatic carbocycles. The number of alkyl halides is 1. The van der Waals surface area contributed by atoms with E-state index in [-0.39, 0.29) is 41.1 Å². The van der Waals surface area contributed by atoms with Gasteiger partial charge >= 0.3 is 0 Å². The average Bonchev–Trinajstić information content (AvgIpc) is 3.54. The van der Waals surface area contributed by atoms with E-state index in [4.69, 9.17) is 4.74 Å². The van der Waals surface area contributed by atoms with Crippen molar-refractivity contribution in [3.8, 4) is 0 Å². The first-order valence-corrected chi connectivity index (χ1v) is 16.7. The summed E-state index contributed by atoms with van der Waals surface area (Å²) in [6.07, 6.45) is 4.71. The molecule has 3 saturated heterocycles. The lowest BCUT2D eigenvalue weighted by Gasteiger charge is -2.46. The number of benzene rings is 1. The first-order chi connectivity index (χ1) is 20.7. The summed E-state index contributed by atoms with van der Waals surface area (Å²) in [5.74, 6) is -2.37. The number of amides is 3. The average molecular weight is 673 g/mol. The van der Waals surface area contributed by atoms with E-state index >= 15 is 4.79 Å². The Hall–Kier alpha value is -2.49. The molecule has 9 heteroatoms. The second-order valence-corrected chi connectivity index (χ2v) is 15.6. The van der Waals surface area contributed by atoms with Crippen molar-refractivity contribution in [2.45, 2.75) is 95.0 Å². The fourth-order valence-corrected chi connectivity index (χ4v) is 9.17. The Morgan fingerprint density at radius 3 is 2.32 bits per heavy atom. The standard InChI is InChI=1S/C35H50BrN3O5/c1-9-17-37(18-10-2)30(41)26-27-31(42)39(25(21-40)23-15-13-12-14-16-23)29(35(27)20-24(36)28(26)44-35)32(43)38(19-11-3)34(7,8)22-33(4,5)6/h9,11-16,24-29,40H,1,3,10,17-22H2,2,4-8H3/t24?,25-,26+,27+,28+,29?,35?/m1/s1. The van der Waals surface area contributed by atoms with Crippen LogP contribution in [0.2, 0.25) is 0 Å². The quantitative estimate of drug-likeness (QED) is 0.232. The van der Waals surface area contributed by atoms with E-state index in [0.717, 1.165) is 6.42 Å². The third-order valence-electron chi connectivity index (χ3n) is 9.37. The lowest BCUT2D eigenvalue weighted by molar-refractivity contribution is -0.156. The van der Waals surface area contributed by atoms with E-state index in [1.807, 2.05) is 56.0 Å². The van der Waals surface area contributed by atoms with Crippen molar-refractivity contribution in [1.29, 1.82) is 0 Å². The summed E-state index contributed by atoms with van der Waals surface area (Å²) in [4.78, 5) is 49.0. The van der Waals surface area contributed by atoms with Gasteiger partial charge in [0.15, 0.2) is 0 Å². The predicted octanol–water partition coefficient (Wildman–Crippen LogP) is 5.12. The number of nitrogens with zero attached hydrogens (tertiary/aromatic N) is 3. The Morgan fingerprint density at radius 1 is 1.14 bits per heavy atom. The second-order valence-electron chi connectivity index (χ2n) is 14.4. The van der Waals surface area contributed by atoms with E-state index in [2.05, 4.69) is 49.9 Å². The Balaban J connectivity index is 1.90. The van der Waals surface area contributed by atoms with Crippen molar-refractivity contribution >= 4 is 33.7 Å². The molecule has 3 aliphatic rings. The molecule has 0 radical (unpaired) electrons. The van der Waals surface area contributed by atoms with Crippen LogP contribution in [0.5, 0.6) is 0 Å². The summed E-state index contributed by atoms with van der Waals surface area (Å²) in [6.45, 7) is 21.1. The van der Waals surface area contributed by atoms with Crippen LogP contribution in [0.3, 0.4) is 0 Å². The summed E-state index contributed by atoms with van der Waals surface area (Å²) in [5.41, 5.74) is -1.19. The number of ether oxygens (including phenoxy) is 1. The maximum absolute atomic E-state index is 15.1. The maximum atomic E-state index is 15.1. The van der Waals surface area contributed by atoms with Crippen LogP contribution >= 0.6 is 15.9 Å². The summed E-state index contributed by atoms with van der Waals surface area (Å²) in [7, 11) is 0. The van der Waals surface area contributed by atoms with Crippen molar-refractivity contribution in [3.63, 3.8) is 0 Å². The number of halogens is 1. The number of carbonyl (C=O) groups excluding carboxylic acids is 3. The van der Waals surface area contributed by atoms with Gasteiger partial charge in [-0.2, -0.15) is 0 Å². The number of hydrogen-bond donors (Lipinski definition) is 1. The third kappa shape index (κ3) is 6.04. The molecular formula is C35H50BrN3O5. The number of rotatable bonds is 13. The van der Waals surface area contributed by atoms with Gasteiger partial charge in [-0.1, -0.05) is 86.1 Å². The van der Waals surface area contributed by atoms with Gasteiger partial charge in [0.1, 0.15) is 11.6 Å². The molecule has 4 rings (SSSR count). The first-order valence-electron chi connectivity index (χ1n) is 15.8. The van der Waals surface area contributed by atoms with E-state index < -0.39 is 41.2 Å². The van der Waals surface area contributed by atoms with Gasteiger partial charge in [0.25, 0.3) is 0 Å². The zero-order valence-corrected chi connectivity index (χ0v) is 28.8. The molecule has 3 fully saturated rings. The summed E-state index contributed by atoms with van der Waals surface area (Å²) in [5, 5.41) is 10.8. The minimum absolute atomic E-state index is 0.0818. The van der Waals surface area contributed by atoms with Gasteiger partial charge in [0.05, 0.1) is 30.6 Å². The van der Waals surface area contributed by atoms with E-state index in [1.165, 1.54) is 0 Å². The van der Waals surface area contributed by atoms with Gasteiger partial charge in [0, 0.05) is 30.0 Å². The molecule has 0 saturated carbocycles. The molecule has 0 aromatic heterocycles. The van der Waals surface area contributed by atoms with Crippen LogP contribution in [-0.2, 0) is 19.1 Å². The fraction of sp³-hybridized carbons (Fsp3) is 0.629. The Labute approximate surface area is 271 Å². The van der Waals surface area contributed by atoms with Crippen LogP contribution in [0.15, 0.2) is 55.6 Å². The number of likely N-dealkylation sites (tertiary alicyclic amines) is 1. The highest BCUT2D eigenvalue weighted by molar-refractivity contribution is 9.09. The van der Waals surface area contributed by atoms with Gasteiger partial charge in [-0.15, -0.1) is 13.2 Å². The summed E-state index contributed by atoms with van der Waals surface area (Å²) < 4.78 is 6.81. The topological polar surface area (TPSA) is 90.4 Å². The molecule has 2 bridgehead atoms.